The van der Waals surface area contributed by atoms with Gasteiger partial charge in [0, 0.05) is 0 Å². The number of hydrogen-bond acceptors (Lipinski definition) is 1. The quantitative estimate of drug-likeness (QED) is 0.775. The minimum absolute atomic E-state index is 0.334. The number of phenolic OH excluding ortho intramolecular Hbond substituents is 1. The van der Waals surface area contributed by atoms with Gasteiger partial charge in [0.05, 0.1) is 0 Å². The Balaban J connectivity index is 2.04. The summed E-state index contributed by atoms with van der Waals surface area (Å²) >= 11 is 0. The normalized spacial score (nSPS) is 20.1. The molecule has 1 nitrogen and oxygen atoms in total. The van der Waals surface area contributed by atoms with Crippen LogP contribution in [0.25, 0.3) is 0 Å². The van der Waals surface area contributed by atoms with Gasteiger partial charge in [-0.1, -0.05) is 37.3 Å². The number of hydrogen-bond donors (Lipinski definition) is 1. The van der Waals surface area contributed by atoms with Crippen LogP contribution in [-0.4, -0.2) is 5.11 Å². The van der Waals surface area contributed by atoms with E-state index >= 15 is 0 Å². The molecule has 0 bridgehead atoms. The molecule has 0 saturated carbocycles. The first-order chi connectivity index (χ1) is 7.24. The number of allylic oxidation sites excluding steroid dienone is 4. The summed E-state index contributed by atoms with van der Waals surface area (Å²) in [6, 6.07) is 7.43. The lowest BCUT2D eigenvalue weighted by Gasteiger charge is -2.11. The van der Waals surface area contributed by atoms with Crippen molar-refractivity contribution in [3.8, 4) is 5.75 Å². The summed E-state index contributed by atoms with van der Waals surface area (Å²) in [6.45, 7) is 2.23. The van der Waals surface area contributed by atoms with Crippen LogP contribution in [0.5, 0.6) is 5.75 Å². The maximum Gasteiger partial charge on any atom is 0.115 e. The van der Waals surface area contributed by atoms with E-state index in [0.717, 1.165) is 12.8 Å². The zero-order chi connectivity index (χ0) is 10.7. The summed E-state index contributed by atoms with van der Waals surface area (Å²) in [5.74, 6) is 1.01. The maximum absolute atomic E-state index is 9.17. The minimum atomic E-state index is 0.334. The largest absolute Gasteiger partial charge is 0.508 e. The minimum Gasteiger partial charge on any atom is -0.508 e. The van der Waals surface area contributed by atoms with Gasteiger partial charge in [-0.3, -0.25) is 0 Å². The van der Waals surface area contributed by atoms with Crippen LogP contribution in [0.2, 0.25) is 0 Å². The highest BCUT2D eigenvalue weighted by Gasteiger charge is 2.04. The van der Waals surface area contributed by atoms with E-state index in [4.69, 9.17) is 5.11 Å². The van der Waals surface area contributed by atoms with Crippen LogP contribution in [0.4, 0.5) is 0 Å². The third-order valence-corrected chi connectivity index (χ3v) is 2.74. The molecule has 0 heterocycles. The molecule has 0 spiro atoms. The molecule has 1 aliphatic rings. The van der Waals surface area contributed by atoms with Crippen LogP contribution >= 0.6 is 0 Å². The topological polar surface area (TPSA) is 20.2 Å². The smallest absolute Gasteiger partial charge is 0.115 e. The van der Waals surface area contributed by atoms with Crippen molar-refractivity contribution in [3.05, 3.63) is 53.6 Å². The first-order valence-corrected chi connectivity index (χ1v) is 5.39. The molecule has 1 N–H and O–H groups in total. The molecule has 1 unspecified atom stereocenters. The first-order valence-electron chi connectivity index (χ1n) is 5.39. The summed E-state index contributed by atoms with van der Waals surface area (Å²) in [4.78, 5) is 0. The van der Waals surface area contributed by atoms with E-state index in [1.54, 1.807) is 12.1 Å². The van der Waals surface area contributed by atoms with Gasteiger partial charge >= 0.3 is 0 Å². The molecule has 1 heteroatoms. The highest BCUT2D eigenvalue weighted by Crippen LogP contribution is 2.20. The molecular formula is C14H16O. The summed E-state index contributed by atoms with van der Waals surface area (Å²) < 4.78 is 0. The Morgan fingerprint density at radius 3 is 2.60 bits per heavy atom. The van der Waals surface area contributed by atoms with Crippen molar-refractivity contribution >= 4 is 0 Å². The molecule has 78 valence electrons. The van der Waals surface area contributed by atoms with Gasteiger partial charge in [0.1, 0.15) is 5.75 Å². The van der Waals surface area contributed by atoms with Crippen molar-refractivity contribution in [2.24, 2.45) is 5.92 Å². The van der Waals surface area contributed by atoms with E-state index in [1.807, 2.05) is 12.1 Å². The second-order valence-electron chi connectivity index (χ2n) is 4.19. The number of aromatic hydroxyl groups is 1. The SMILES string of the molecule is CC1C=CC(Cc2ccc(O)cc2)=CC1. The van der Waals surface area contributed by atoms with Gasteiger partial charge < -0.3 is 5.11 Å². The fourth-order valence-corrected chi connectivity index (χ4v) is 1.75. The molecule has 0 amide bonds. The van der Waals surface area contributed by atoms with Crippen molar-refractivity contribution < 1.29 is 5.11 Å². The third kappa shape index (κ3) is 2.72. The van der Waals surface area contributed by atoms with Crippen LogP contribution in [-0.2, 0) is 6.42 Å². The summed E-state index contributed by atoms with van der Waals surface area (Å²) in [7, 11) is 0. The van der Waals surface area contributed by atoms with Crippen LogP contribution in [0.3, 0.4) is 0 Å². The Labute approximate surface area is 90.8 Å². The first kappa shape index (κ1) is 10.0. The second kappa shape index (κ2) is 4.35. The molecular weight excluding hydrogens is 184 g/mol. The van der Waals surface area contributed by atoms with Gasteiger partial charge in [-0.15, -0.1) is 0 Å². The average molecular weight is 200 g/mol. The van der Waals surface area contributed by atoms with Gasteiger partial charge in [-0.05, 0) is 42.0 Å². The molecule has 0 radical (unpaired) electrons. The van der Waals surface area contributed by atoms with Gasteiger partial charge in [0.15, 0.2) is 0 Å². The Bertz CT molecular complexity index is 384. The number of benzene rings is 1. The zero-order valence-corrected chi connectivity index (χ0v) is 8.98. The summed E-state index contributed by atoms with van der Waals surface area (Å²) in [5, 5.41) is 9.17. The van der Waals surface area contributed by atoms with Crippen molar-refractivity contribution in [1.29, 1.82) is 0 Å². The summed E-state index contributed by atoms with van der Waals surface area (Å²) in [5.41, 5.74) is 2.62. The lowest BCUT2D eigenvalue weighted by atomic mass is 9.95. The fourth-order valence-electron chi connectivity index (χ4n) is 1.75. The Kier molecular flexibility index (Phi) is 2.91. The van der Waals surface area contributed by atoms with Crippen molar-refractivity contribution in [3.63, 3.8) is 0 Å². The van der Waals surface area contributed by atoms with E-state index in [9.17, 15) is 0 Å². The molecule has 0 saturated heterocycles. The fraction of sp³-hybridized carbons (Fsp3) is 0.286. The number of rotatable bonds is 2. The van der Waals surface area contributed by atoms with E-state index in [0.29, 0.717) is 11.7 Å². The highest BCUT2D eigenvalue weighted by atomic mass is 16.3. The molecule has 1 aromatic rings. The Hall–Kier alpha value is -1.50. The van der Waals surface area contributed by atoms with E-state index in [-0.39, 0.29) is 0 Å². The van der Waals surface area contributed by atoms with Gasteiger partial charge in [-0.2, -0.15) is 0 Å². The zero-order valence-electron chi connectivity index (χ0n) is 8.98. The van der Waals surface area contributed by atoms with Crippen molar-refractivity contribution in [2.75, 3.05) is 0 Å². The molecule has 15 heavy (non-hydrogen) atoms. The second-order valence-corrected chi connectivity index (χ2v) is 4.19. The highest BCUT2D eigenvalue weighted by molar-refractivity contribution is 5.33. The van der Waals surface area contributed by atoms with Gasteiger partial charge in [0.25, 0.3) is 0 Å². The predicted molar refractivity (Wildman–Crippen MR) is 62.8 cm³/mol. The lowest BCUT2D eigenvalue weighted by Crippen LogP contribution is -1.96. The number of phenols is 1. The maximum atomic E-state index is 9.17. The monoisotopic (exact) mass is 200 g/mol. The van der Waals surface area contributed by atoms with E-state index in [1.165, 1.54) is 11.1 Å². The van der Waals surface area contributed by atoms with Crippen LogP contribution in [0.1, 0.15) is 18.9 Å². The molecule has 1 aromatic carbocycles. The molecule has 1 aliphatic carbocycles. The predicted octanol–water partition coefficient (Wildman–Crippen LogP) is 3.46. The lowest BCUT2D eigenvalue weighted by molar-refractivity contribution is 0.475. The van der Waals surface area contributed by atoms with E-state index < -0.39 is 0 Å². The average Bonchev–Trinajstić information content (AvgIpc) is 2.25. The van der Waals surface area contributed by atoms with Crippen molar-refractivity contribution in [1.82, 2.24) is 0 Å². The van der Waals surface area contributed by atoms with Gasteiger partial charge in [0.2, 0.25) is 0 Å². The molecule has 2 rings (SSSR count). The Morgan fingerprint density at radius 1 is 1.27 bits per heavy atom. The third-order valence-electron chi connectivity index (χ3n) is 2.74. The Morgan fingerprint density at radius 2 is 2.00 bits per heavy atom. The standard InChI is InChI=1S/C14H16O/c1-11-2-4-12(5-3-11)10-13-6-8-14(15)9-7-13/h2,4-9,11,15H,3,10H2,1H3. The molecule has 0 fully saturated rings. The van der Waals surface area contributed by atoms with Crippen molar-refractivity contribution in [2.45, 2.75) is 19.8 Å². The van der Waals surface area contributed by atoms with Crippen LogP contribution in [0.15, 0.2) is 48.1 Å². The molecule has 0 aromatic heterocycles. The summed E-state index contributed by atoms with van der Waals surface area (Å²) in [6.07, 6.45) is 8.88. The molecule has 1 atom stereocenters. The molecule has 0 aliphatic heterocycles. The van der Waals surface area contributed by atoms with Crippen LogP contribution in [0, 0.1) is 5.92 Å². The van der Waals surface area contributed by atoms with Gasteiger partial charge in [-0.25, -0.2) is 0 Å². The van der Waals surface area contributed by atoms with Crippen LogP contribution < -0.4 is 0 Å². The van der Waals surface area contributed by atoms with E-state index in [2.05, 4.69) is 25.2 Å².